The Labute approximate surface area is 109 Å². The number of nitrogens with zero attached hydrogens (tertiary/aromatic N) is 1. The van der Waals surface area contributed by atoms with E-state index in [2.05, 4.69) is 0 Å². The molecule has 1 aromatic rings. The Balaban J connectivity index is 2.97. The quantitative estimate of drug-likeness (QED) is 0.886. The lowest BCUT2D eigenvalue weighted by Crippen LogP contribution is -2.26. The summed E-state index contributed by atoms with van der Waals surface area (Å²) in [5.41, 5.74) is 9.27. The Kier molecular flexibility index (Phi) is 4.73. The van der Waals surface area contributed by atoms with Gasteiger partial charge in [0.15, 0.2) is 0 Å². The minimum atomic E-state index is -0.274. The van der Waals surface area contributed by atoms with Gasteiger partial charge in [-0.1, -0.05) is 6.07 Å². The highest BCUT2D eigenvalue weighted by Gasteiger charge is 2.17. The summed E-state index contributed by atoms with van der Waals surface area (Å²) in [5, 5.41) is 0. The molecule has 0 bridgehead atoms. The first-order valence-electron chi connectivity index (χ1n) is 5.98. The highest BCUT2D eigenvalue weighted by atomic mass is 16.5. The maximum absolute atomic E-state index is 11.7. The van der Waals surface area contributed by atoms with Gasteiger partial charge in [0.05, 0.1) is 7.11 Å². The minimum absolute atomic E-state index is 0.0374. The summed E-state index contributed by atoms with van der Waals surface area (Å²) in [6, 6.07) is 3.57. The molecule has 4 heteroatoms. The zero-order chi connectivity index (χ0) is 13.9. The molecule has 0 fully saturated rings. The summed E-state index contributed by atoms with van der Waals surface area (Å²) in [6.45, 7) is 4.01. The van der Waals surface area contributed by atoms with Gasteiger partial charge in [-0.25, -0.2) is 0 Å². The van der Waals surface area contributed by atoms with Crippen LogP contribution in [0.25, 0.3) is 0 Å². The number of methoxy groups -OCH3 is 1. The molecular weight excluding hydrogens is 228 g/mol. The number of ether oxygens (including phenoxy) is 1. The van der Waals surface area contributed by atoms with Crippen molar-refractivity contribution in [1.29, 1.82) is 0 Å². The first kappa shape index (κ1) is 14.5. The normalized spacial score (nSPS) is 12.1. The largest absolute Gasteiger partial charge is 0.496 e. The van der Waals surface area contributed by atoms with E-state index in [9.17, 15) is 4.79 Å². The van der Waals surface area contributed by atoms with Gasteiger partial charge in [0.1, 0.15) is 5.75 Å². The van der Waals surface area contributed by atoms with Crippen molar-refractivity contribution in [2.24, 2.45) is 5.73 Å². The standard InChI is InChI=1S/C14H22N2O2/c1-9-10(2)13(18-5)7-6-11(9)12(15)8-14(17)16(3)4/h6-7,12H,8,15H2,1-5H3. The van der Waals surface area contributed by atoms with Crippen molar-refractivity contribution in [3.63, 3.8) is 0 Å². The van der Waals surface area contributed by atoms with Gasteiger partial charge in [0, 0.05) is 26.6 Å². The third-order valence-electron chi connectivity index (χ3n) is 3.29. The topological polar surface area (TPSA) is 55.6 Å². The number of carbonyl (C=O) groups is 1. The molecule has 0 spiro atoms. The maximum Gasteiger partial charge on any atom is 0.223 e. The first-order chi connectivity index (χ1) is 8.38. The summed E-state index contributed by atoms with van der Waals surface area (Å²) in [6.07, 6.45) is 0.319. The first-order valence-corrected chi connectivity index (χ1v) is 5.98. The van der Waals surface area contributed by atoms with Crippen molar-refractivity contribution in [3.8, 4) is 5.75 Å². The van der Waals surface area contributed by atoms with Crippen molar-refractivity contribution in [2.45, 2.75) is 26.3 Å². The van der Waals surface area contributed by atoms with Crippen LogP contribution in [-0.2, 0) is 4.79 Å². The van der Waals surface area contributed by atoms with E-state index in [1.54, 1.807) is 26.1 Å². The zero-order valence-electron chi connectivity index (χ0n) is 11.8. The molecule has 0 aliphatic heterocycles. The second kappa shape index (κ2) is 5.87. The van der Waals surface area contributed by atoms with Crippen LogP contribution in [0.3, 0.4) is 0 Å². The van der Waals surface area contributed by atoms with E-state index in [4.69, 9.17) is 10.5 Å². The van der Waals surface area contributed by atoms with Crippen molar-refractivity contribution in [2.75, 3.05) is 21.2 Å². The molecule has 1 unspecified atom stereocenters. The molecule has 2 N–H and O–H groups in total. The molecule has 0 heterocycles. The number of hydrogen-bond acceptors (Lipinski definition) is 3. The van der Waals surface area contributed by atoms with Crippen molar-refractivity contribution in [3.05, 3.63) is 28.8 Å². The smallest absolute Gasteiger partial charge is 0.223 e. The van der Waals surface area contributed by atoms with Gasteiger partial charge in [-0.2, -0.15) is 0 Å². The van der Waals surface area contributed by atoms with E-state index >= 15 is 0 Å². The lowest BCUT2D eigenvalue weighted by Gasteiger charge is -2.19. The summed E-state index contributed by atoms with van der Waals surface area (Å²) >= 11 is 0. The molecule has 1 aromatic carbocycles. The highest BCUT2D eigenvalue weighted by Crippen LogP contribution is 2.28. The molecular formula is C14H22N2O2. The molecule has 100 valence electrons. The molecule has 18 heavy (non-hydrogen) atoms. The third-order valence-corrected chi connectivity index (χ3v) is 3.29. The van der Waals surface area contributed by atoms with Crippen LogP contribution in [0.15, 0.2) is 12.1 Å². The van der Waals surface area contributed by atoms with E-state index in [-0.39, 0.29) is 11.9 Å². The molecule has 0 aromatic heterocycles. The third kappa shape index (κ3) is 3.01. The SMILES string of the molecule is COc1ccc(C(N)CC(=O)N(C)C)c(C)c1C. The van der Waals surface area contributed by atoms with Crippen molar-refractivity contribution >= 4 is 5.91 Å². The Morgan fingerprint density at radius 1 is 1.33 bits per heavy atom. The fraction of sp³-hybridized carbons (Fsp3) is 0.500. The second-order valence-corrected chi connectivity index (χ2v) is 4.71. The zero-order valence-corrected chi connectivity index (χ0v) is 11.8. The van der Waals surface area contributed by atoms with E-state index in [1.807, 2.05) is 26.0 Å². The fourth-order valence-electron chi connectivity index (χ4n) is 1.92. The van der Waals surface area contributed by atoms with E-state index in [0.29, 0.717) is 6.42 Å². The fourth-order valence-corrected chi connectivity index (χ4v) is 1.92. The number of amides is 1. The second-order valence-electron chi connectivity index (χ2n) is 4.71. The minimum Gasteiger partial charge on any atom is -0.496 e. The van der Waals surface area contributed by atoms with E-state index in [0.717, 1.165) is 22.4 Å². The highest BCUT2D eigenvalue weighted by molar-refractivity contribution is 5.76. The maximum atomic E-state index is 11.7. The number of hydrogen-bond donors (Lipinski definition) is 1. The molecule has 1 atom stereocenters. The van der Waals surface area contributed by atoms with Crippen LogP contribution in [-0.4, -0.2) is 32.0 Å². The molecule has 0 saturated carbocycles. The average molecular weight is 250 g/mol. The van der Waals surface area contributed by atoms with Gasteiger partial charge in [-0.05, 0) is 36.6 Å². The van der Waals surface area contributed by atoms with Crippen LogP contribution in [0.4, 0.5) is 0 Å². The summed E-state index contributed by atoms with van der Waals surface area (Å²) in [5.74, 6) is 0.887. The Morgan fingerprint density at radius 2 is 1.94 bits per heavy atom. The van der Waals surface area contributed by atoms with Gasteiger partial charge >= 0.3 is 0 Å². The van der Waals surface area contributed by atoms with Crippen LogP contribution in [0.1, 0.15) is 29.2 Å². The monoisotopic (exact) mass is 250 g/mol. The summed E-state index contributed by atoms with van der Waals surface area (Å²) in [7, 11) is 5.12. The van der Waals surface area contributed by atoms with Gasteiger partial charge < -0.3 is 15.4 Å². The Hall–Kier alpha value is -1.55. The van der Waals surface area contributed by atoms with Crippen molar-refractivity contribution in [1.82, 2.24) is 4.90 Å². The molecule has 1 rings (SSSR count). The number of carbonyl (C=O) groups excluding carboxylic acids is 1. The Bertz CT molecular complexity index is 442. The van der Waals surface area contributed by atoms with Crippen LogP contribution in [0.2, 0.25) is 0 Å². The molecule has 0 radical (unpaired) electrons. The van der Waals surface area contributed by atoms with Crippen LogP contribution >= 0.6 is 0 Å². The van der Waals surface area contributed by atoms with Gasteiger partial charge in [-0.15, -0.1) is 0 Å². The Morgan fingerprint density at radius 3 is 2.44 bits per heavy atom. The van der Waals surface area contributed by atoms with Gasteiger partial charge in [0.2, 0.25) is 5.91 Å². The van der Waals surface area contributed by atoms with Crippen molar-refractivity contribution < 1.29 is 9.53 Å². The lowest BCUT2D eigenvalue weighted by atomic mass is 9.95. The predicted octanol–water partition coefficient (Wildman–Crippen LogP) is 1.79. The van der Waals surface area contributed by atoms with Crippen LogP contribution in [0.5, 0.6) is 5.75 Å². The molecule has 0 aliphatic rings. The lowest BCUT2D eigenvalue weighted by molar-refractivity contribution is -0.129. The summed E-state index contributed by atoms with van der Waals surface area (Å²) < 4.78 is 5.26. The number of benzene rings is 1. The number of nitrogens with two attached hydrogens (primary N) is 1. The molecule has 1 amide bonds. The predicted molar refractivity (Wildman–Crippen MR) is 72.7 cm³/mol. The van der Waals surface area contributed by atoms with E-state index in [1.165, 1.54) is 0 Å². The molecule has 4 nitrogen and oxygen atoms in total. The van der Waals surface area contributed by atoms with Gasteiger partial charge in [-0.3, -0.25) is 4.79 Å². The average Bonchev–Trinajstić information content (AvgIpc) is 2.32. The van der Waals surface area contributed by atoms with Crippen LogP contribution < -0.4 is 10.5 Å². The summed E-state index contributed by atoms with van der Waals surface area (Å²) in [4.78, 5) is 13.2. The molecule has 0 saturated heterocycles. The number of rotatable bonds is 4. The van der Waals surface area contributed by atoms with Gasteiger partial charge in [0.25, 0.3) is 0 Å². The van der Waals surface area contributed by atoms with Crippen LogP contribution in [0, 0.1) is 13.8 Å². The molecule has 0 aliphatic carbocycles. The van der Waals surface area contributed by atoms with E-state index < -0.39 is 0 Å².